The highest BCUT2D eigenvalue weighted by Gasteiger charge is 2.19. The summed E-state index contributed by atoms with van der Waals surface area (Å²) in [5, 5.41) is 7.89. The van der Waals surface area contributed by atoms with E-state index in [1.54, 1.807) is 6.07 Å². The number of nitrogens with one attached hydrogen (secondary N) is 1. The zero-order chi connectivity index (χ0) is 14.9. The maximum atomic E-state index is 13.8. The molecule has 0 amide bonds. The first-order chi connectivity index (χ1) is 9.41. The third-order valence-electron chi connectivity index (χ3n) is 3.87. The number of hydrogen-bond acceptors (Lipinski definition) is 2. The molecule has 0 aliphatic heterocycles. The van der Waals surface area contributed by atoms with Crippen LogP contribution in [0.5, 0.6) is 0 Å². The minimum Gasteiger partial charge on any atom is -0.303 e. The normalized spacial score (nSPS) is 14.3. The second-order valence-corrected chi connectivity index (χ2v) is 5.34. The lowest BCUT2D eigenvalue weighted by Gasteiger charge is -2.21. The minimum absolute atomic E-state index is 0.0507. The average molecular weight is 275 g/mol. The van der Waals surface area contributed by atoms with Gasteiger partial charge in [0, 0.05) is 36.0 Å². The topological polar surface area (TPSA) is 29.9 Å². The summed E-state index contributed by atoms with van der Waals surface area (Å²) in [6, 6.07) is 6.97. The van der Waals surface area contributed by atoms with Gasteiger partial charge in [-0.25, -0.2) is 4.39 Å². The molecule has 1 unspecified atom stereocenters. The largest absolute Gasteiger partial charge is 0.303 e. The SMILES string of the molecule is Cc1nn(C)c(C)c1C(C)N[C@H](C)c1ccccc1F. The van der Waals surface area contributed by atoms with Gasteiger partial charge in [-0.2, -0.15) is 5.10 Å². The molecule has 3 nitrogen and oxygen atoms in total. The van der Waals surface area contributed by atoms with E-state index in [0.717, 1.165) is 11.4 Å². The summed E-state index contributed by atoms with van der Waals surface area (Å²) >= 11 is 0. The number of rotatable bonds is 4. The van der Waals surface area contributed by atoms with E-state index in [-0.39, 0.29) is 17.9 Å². The van der Waals surface area contributed by atoms with Gasteiger partial charge in [-0.3, -0.25) is 4.68 Å². The van der Waals surface area contributed by atoms with Gasteiger partial charge >= 0.3 is 0 Å². The van der Waals surface area contributed by atoms with Crippen molar-refractivity contribution in [2.45, 2.75) is 39.8 Å². The molecule has 1 heterocycles. The Balaban J connectivity index is 2.19. The summed E-state index contributed by atoms with van der Waals surface area (Å²) in [7, 11) is 1.94. The van der Waals surface area contributed by atoms with Crippen LogP contribution < -0.4 is 5.32 Å². The monoisotopic (exact) mass is 275 g/mol. The average Bonchev–Trinajstić information content (AvgIpc) is 2.63. The number of hydrogen-bond donors (Lipinski definition) is 1. The van der Waals surface area contributed by atoms with E-state index in [1.807, 2.05) is 37.7 Å². The predicted molar refractivity (Wildman–Crippen MR) is 79.0 cm³/mol. The molecule has 108 valence electrons. The van der Waals surface area contributed by atoms with Gasteiger partial charge in [-0.15, -0.1) is 0 Å². The standard InChI is InChI=1S/C16H22FN3/c1-10(14-8-6-7-9-15(14)17)18-11(2)16-12(3)19-20(5)13(16)4/h6-11,18H,1-5H3/t10-,11?/m1/s1. The van der Waals surface area contributed by atoms with E-state index in [0.29, 0.717) is 5.56 Å². The molecule has 0 bridgehead atoms. The van der Waals surface area contributed by atoms with E-state index < -0.39 is 0 Å². The van der Waals surface area contributed by atoms with Crippen molar-refractivity contribution in [1.82, 2.24) is 15.1 Å². The van der Waals surface area contributed by atoms with E-state index in [9.17, 15) is 4.39 Å². The van der Waals surface area contributed by atoms with Crippen LogP contribution in [0, 0.1) is 19.7 Å². The third-order valence-corrected chi connectivity index (χ3v) is 3.87. The second kappa shape index (κ2) is 5.75. The molecule has 0 spiro atoms. The Morgan fingerprint density at radius 1 is 1.15 bits per heavy atom. The molecule has 0 aliphatic carbocycles. The Kier molecular flexibility index (Phi) is 4.23. The van der Waals surface area contributed by atoms with Crippen molar-refractivity contribution < 1.29 is 4.39 Å². The number of halogens is 1. The molecule has 4 heteroatoms. The van der Waals surface area contributed by atoms with Gasteiger partial charge in [0.15, 0.2) is 0 Å². The van der Waals surface area contributed by atoms with Gasteiger partial charge in [0.2, 0.25) is 0 Å². The van der Waals surface area contributed by atoms with Gasteiger partial charge < -0.3 is 5.32 Å². The van der Waals surface area contributed by atoms with E-state index in [2.05, 4.69) is 24.3 Å². The molecule has 1 aromatic carbocycles. The van der Waals surface area contributed by atoms with Crippen LogP contribution in [0.25, 0.3) is 0 Å². The van der Waals surface area contributed by atoms with Crippen molar-refractivity contribution in [2.24, 2.45) is 7.05 Å². The fourth-order valence-corrected chi connectivity index (χ4v) is 2.79. The summed E-state index contributed by atoms with van der Waals surface area (Å²) in [5.41, 5.74) is 4.04. The Morgan fingerprint density at radius 2 is 1.80 bits per heavy atom. The Hall–Kier alpha value is -1.68. The first kappa shape index (κ1) is 14.7. The third kappa shape index (κ3) is 2.75. The molecule has 0 fully saturated rings. The smallest absolute Gasteiger partial charge is 0.127 e. The van der Waals surface area contributed by atoms with Crippen LogP contribution in [0.15, 0.2) is 24.3 Å². The van der Waals surface area contributed by atoms with E-state index in [1.165, 1.54) is 11.6 Å². The summed E-state index contributed by atoms with van der Waals surface area (Å²) in [6.45, 7) is 8.14. The lowest BCUT2D eigenvalue weighted by molar-refractivity contribution is 0.471. The lowest BCUT2D eigenvalue weighted by Crippen LogP contribution is -2.24. The van der Waals surface area contributed by atoms with Crippen molar-refractivity contribution in [1.29, 1.82) is 0 Å². The fraction of sp³-hybridized carbons (Fsp3) is 0.438. The fourth-order valence-electron chi connectivity index (χ4n) is 2.79. The van der Waals surface area contributed by atoms with Crippen LogP contribution in [0.1, 0.15) is 48.4 Å². The van der Waals surface area contributed by atoms with Crippen molar-refractivity contribution in [3.05, 3.63) is 52.6 Å². The molecule has 2 rings (SSSR count). The summed E-state index contributed by atoms with van der Waals surface area (Å²) in [5.74, 6) is -0.167. The summed E-state index contributed by atoms with van der Waals surface area (Å²) in [6.07, 6.45) is 0. The second-order valence-electron chi connectivity index (χ2n) is 5.34. The van der Waals surface area contributed by atoms with Crippen LogP contribution in [0.3, 0.4) is 0 Å². The molecule has 0 saturated carbocycles. The highest BCUT2D eigenvalue weighted by Crippen LogP contribution is 2.25. The van der Waals surface area contributed by atoms with Crippen LogP contribution in [-0.4, -0.2) is 9.78 Å². The van der Waals surface area contributed by atoms with Crippen LogP contribution in [-0.2, 0) is 7.05 Å². The van der Waals surface area contributed by atoms with Crippen molar-refractivity contribution in [2.75, 3.05) is 0 Å². The highest BCUT2D eigenvalue weighted by atomic mass is 19.1. The van der Waals surface area contributed by atoms with E-state index in [4.69, 9.17) is 0 Å². The summed E-state index contributed by atoms with van der Waals surface area (Å²) < 4.78 is 15.7. The summed E-state index contributed by atoms with van der Waals surface area (Å²) in [4.78, 5) is 0. The van der Waals surface area contributed by atoms with Crippen LogP contribution in [0.4, 0.5) is 4.39 Å². The quantitative estimate of drug-likeness (QED) is 0.924. The van der Waals surface area contributed by atoms with Crippen molar-refractivity contribution in [3.63, 3.8) is 0 Å². The molecule has 2 atom stereocenters. The number of benzene rings is 1. The lowest BCUT2D eigenvalue weighted by atomic mass is 10.0. The first-order valence-electron chi connectivity index (χ1n) is 6.92. The molecule has 0 saturated heterocycles. The zero-order valence-corrected chi connectivity index (χ0v) is 12.7. The number of aryl methyl sites for hydroxylation is 2. The molecule has 20 heavy (non-hydrogen) atoms. The molecular weight excluding hydrogens is 253 g/mol. The number of nitrogens with zero attached hydrogens (tertiary/aromatic N) is 2. The maximum absolute atomic E-state index is 13.8. The van der Waals surface area contributed by atoms with Gasteiger partial charge in [0.05, 0.1) is 5.69 Å². The van der Waals surface area contributed by atoms with Crippen LogP contribution >= 0.6 is 0 Å². The Morgan fingerprint density at radius 3 is 2.35 bits per heavy atom. The molecule has 0 aliphatic rings. The molecule has 0 radical (unpaired) electrons. The van der Waals surface area contributed by atoms with Gasteiger partial charge in [0.1, 0.15) is 5.82 Å². The van der Waals surface area contributed by atoms with Crippen molar-refractivity contribution in [3.8, 4) is 0 Å². The Labute approximate surface area is 119 Å². The molecule has 1 N–H and O–H groups in total. The van der Waals surface area contributed by atoms with Crippen LogP contribution in [0.2, 0.25) is 0 Å². The first-order valence-corrected chi connectivity index (χ1v) is 6.92. The van der Waals surface area contributed by atoms with Gasteiger partial charge in [-0.05, 0) is 33.8 Å². The molecule has 1 aromatic heterocycles. The Bertz CT molecular complexity index is 604. The molecule has 2 aromatic rings. The predicted octanol–water partition coefficient (Wildman–Crippen LogP) is 3.59. The highest BCUT2D eigenvalue weighted by molar-refractivity contribution is 5.28. The number of aromatic nitrogens is 2. The van der Waals surface area contributed by atoms with Gasteiger partial charge in [-0.1, -0.05) is 18.2 Å². The van der Waals surface area contributed by atoms with E-state index >= 15 is 0 Å². The molecular formula is C16H22FN3. The zero-order valence-electron chi connectivity index (χ0n) is 12.7. The van der Waals surface area contributed by atoms with Crippen molar-refractivity contribution >= 4 is 0 Å². The maximum Gasteiger partial charge on any atom is 0.127 e. The minimum atomic E-state index is -0.167. The van der Waals surface area contributed by atoms with Gasteiger partial charge in [0.25, 0.3) is 0 Å².